The molecule has 1 fully saturated rings. The van der Waals surface area contributed by atoms with E-state index in [4.69, 9.17) is 5.73 Å². The fraction of sp³-hybridized carbons (Fsp3) is 0.550. The van der Waals surface area contributed by atoms with E-state index in [9.17, 15) is 19.5 Å². The van der Waals surface area contributed by atoms with Crippen molar-refractivity contribution in [2.45, 2.75) is 39.0 Å². The maximum atomic E-state index is 13.0. The number of fused-ring (bicyclic) bond motifs is 3. The van der Waals surface area contributed by atoms with Crippen LogP contribution in [0.2, 0.25) is 0 Å². The number of amides is 2. The van der Waals surface area contributed by atoms with Gasteiger partial charge in [0.15, 0.2) is 0 Å². The predicted molar refractivity (Wildman–Crippen MR) is 103 cm³/mol. The molecule has 2 amide bonds. The Morgan fingerprint density at radius 2 is 1.96 bits per heavy atom. The van der Waals surface area contributed by atoms with Crippen LogP contribution in [0.1, 0.15) is 47.0 Å². The Bertz CT molecular complexity index is 843. The number of primary amides is 1. The maximum absolute atomic E-state index is 13.0. The van der Waals surface area contributed by atoms with E-state index in [0.29, 0.717) is 22.9 Å². The molecule has 4 rings (SSSR count). The van der Waals surface area contributed by atoms with Crippen LogP contribution in [0, 0.1) is 29.6 Å². The summed E-state index contributed by atoms with van der Waals surface area (Å²) in [5.74, 6) is -2.61. The summed E-state index contributed by atoms with van der Waals surface area (Å²) < 4.78 is 0. The third-order valence-electron chi connectivity index (χ3n) is 6.47. The summed E-state index contributed by atoms with van der Waals surface area (Å²) in [4.78, 5) is 37.9. The number of nitrogens with one attached hydrogen (secondary N) is 1. The lowest BCUT2D eigenvalue weighted by atomic mass is 9.82. The number of carboxylic acid groups (broad SMARTS) is 1. The Kier molecular flexibility index (Phi) is 4.58. The summed E-state index contributed by atoms with van der Waals surface area (Å²) in [6.07, 6.45) is 8.38. The van der Waals surface area contributed by atoms with Gasteiger partial charge in [-0.3, -0.25) is 14.4 Å². The van der Waals surface area contributed by atoms with Crippen LogP contribution in [-0.4, -0.2) is 22.9 Å². The molecular weight excluding hydrogens is 364 g/mol. The molecule has 144 valence electrons. The van der Waals surface area contributed by atoms with Crippen molar-refractivity contribution < 1.29 is 19.5 Å². The molecule has 0 aromatic carbocycles. The maximum Gasteiger partial charge on any atom is 0.307 e. The molecule has 1 aromatic heterocycles. The van der Waals surface area contributed by atoms with Crippen molar-refractivity contribution >= 4 is 34.1 Å². The second-order valence-electron chi connectivity index (χ2n) is 7.92. The Morgan fingerprint density at radius 1 is 1.26 bits per heavy atom. The molecule has 2 bridgehead atoms. The first-order valence-corrected chi connectivity index (χ1v) is 10.4. The number of carbonyl (C=O) groups excluding carboxylic acids is 2. The lowest BCUT2D eigenvalue weighted by molar-refractivity contribution is -0.146. The Morgan fingerprint density at radius 3 is 2.59 bits per heavy atom. The van der Waals surface area contributed by atoms with Crippen LogP contribution in [0.15, 0.2) is 12.2 Å². The zero-order valence-corrected chi connectivity index (χ0v) is 16.1. The molecule has 6 nitrogen and oxygen atoms in total. The quantitative estimate of drug-likeness (QED) is 0.674. The Labute approximate surface area is 161 Å². The van der Waals surface area contributed by atoms with Crippen molar-refractivity contribution in [1.29, 1.82) is 0 Å². The number of hydrogen-bond acceptors (Lipinski definition) is 4. The number of aliphatic carboxylic acids is 1. The largest absolute Gasteiger partial charge is 0.481 e. The average Bonchev–Trinajstić information content (AvgIpc) is 3.32. The van der Waals surface area contributed by atoms with Crippen molar-refractivity contribution in [3.05, 3.63) is 28.2 Å². The highest BCUT2D eigenvalue weighted by Gasteiger charge is 2.51. The molecule has 1 saturated carbocycles. The highest BCUT2D eigenvalue weighted by atomic mass is 32.1. The molecule has 5 atom stereocenters. The van der Waals surface area contributed by atoms with Gasteiger partial charge in [-0.25, -0.2) is 0 Å². The second kappa shape index (κ2) is 6.78. The van der Waals surface area contributed by atoms with Gasteiger partial charge in [-0.1, -0.05) is 25.5 Å². The van der Waals surface area contributed by atoms with Gasteiger partial charge in [-0.05, 0) is 49.0 Å². The number of anilines is 1. The van der Waals surface area contributed by atoms with Crippen LogP contribution >= 0.6 is 11.3 Å². The van der Waals surface area contributed by atoms with E-state index >= 15 is 0 Å². The molecular formula is C20H24N2O4S. The SMILES string of the molecule is CC[C@H]1CCc2c(sc(NC(=O)[C@H]3[C@@H](C(=O)O)[C@H]4C=C[C@@H]3C4)c2C(N)=O)C1. The summed E-state index contributed by atoms with van der Waals surface area (Å²) >= 11 is 1.43. The second-order valence-corrected chi connectivity index (χ2v) is 9.02. The van der Waals surface area contributed by atoms with Gasteiger partial charge >= 0.3 is 5.97 Å². The average molecular weight is 388 g/mol. The molecule has 3 aliphatic rings. The van der Waals surface area contributed by atoms with Crippen molar-refractivity contribution in [3.8, 4) is 0 Å². The molecule has 4 N–H and O–H groups in total. The zero-order valence-electron chi connectivity index (χ0n) is 15.2. The summed E-state index contributed by atoms with van der Waals surface area (Å²) in [7, 11) is 0. The monoisotopic (exact) mass is 388 g/mol. The topological polar surface area (TPSA) is 109 Å². The molecule has 0 spiro atoms. The molecule has 0 aliphatic heterocycles. The fourth-order valence-electron chi connectivity index (χ4n) is 5.06. The van der Waals surface area contributed by atoms with Crippen LogP contribution in [0.25, 0.3) is 0 Å². The van der Waals surface area contributed by atoms with Crippen LogP contribution in [0.5, 0.6) is 0 Å². The third-order valence-corrected chi connectivity index (χ3v) is 7.64. The minimum Gasteiger partial charge on any atom is -0.481 e. The Hall–Kier alpha value is -2.15. The smallest absolute Gasteiger partial charge is 0.307 e. The van der Waals surface area contributed by atoms with Crippen LogP contribution < -0.4 is 11.1 Å². The van der Waals surface area contributed by atoms with Crippen LogP contribution in [-0.2, 0) is 22.4 Å². The molecule has 27 heavy (non-hydrogen) atoms. The number of nitrogens with two attached hydrogens (primary N) is 1. The van der Waals surface area contributed by atoms with Crippen molar-refractivity contribution in [2.24, 2.45) is 35.3 Å². The van der Waals surface area contributed by atoms with E-state index < -0.39 is 23.7 Å². The molecule has 0 radical (unpaired) electrons. The number of carboxylic acids is 1. The van der Waals surface area contributed by atoms with Crippen LogP contribution in [0.3, 0.4) is 0 Å². The van der Waals surface area contributed by atoms with E-state index in [1.54, 1.807) is 0 Å². The molecule has 3 aliphatic carbocycles. The first-order chi connectivity index (χ1) is 12.9. The summed E-state index contributed by atoms with van der Waals surface area (Å²) in [6.45, 7) is 2.16. The number of hydrogen-bond donors (Lipinski definition) is 3. The molecule has 1 heterocycles. The van der Waals surface area contributed by atoms with Gasteiger partial charge in [0.25, 0.3) is 5.91 Å². The number of rotatable bonds is 5. The van der Waals surface area contributed by atoms with Gasteiger partial charge in [0.05, 0.1) is 17.4 Å². The zero-order chi connectivity index (χ0) is 19.3. The summed E-state index contributed by atoms with van der Waals surface area (Å²) in [6, 6.07) is 0. The lowest BCUT2D eigenvalue weighted by Crippen LogP contribution is -2.36. The van der Waals surface area contributed by atoms with Crippen LogP contribution in [0.4, 0.5) is 5.00 Å². The minimum atomic E-state index is -0.932. The summed E-state index contributed by atoms with van der Waals surface area (Å²) in [5, 5.41) is 12.9. The van der Waals surface area contributed by atoms with Gasteiger partial charge in [0.2, 0.25) is 5.91 Å². The van der Waals surface area contributed by atoms with Gasteiger partial charge in [0, 0.05) is 4.88 Å². The van der Waals surface area contributed by atoms with Gasteiger partial charge in [0.1, 0.15) is 5.00 Å². The fourth-order valence-corrected chi connectivity index (χ4v) is 6.43. The standard InChI is InChI=1S/C20H24N2O4S/c1-2-9-3-6-12-13(7-9)27-19(16(12)17(21)23)22-18(24)14-10-4-5-11(8-10)15(14)20(25)26/h4-5,9-11,14-15H,2-3,6-8H2,1H3,(H2,21,23)(H,22,24)(H,25,26)/t9-,10+,11-,14+,15-/m0/s1. The first kappa shape index (κ1) is 18.2. The van der Waals surface area contributed by atoms with E-state index in [1.807, 2.05) is 12.2 Å². The lowest BCUT2D eigenvalue weighted by Gasteiger charge is -2.23. The van der Waals surface area contributed by atoms with E-state index in [1.165, 1.54) is 11.3 Å². The van der Waals surface area contributed by atoms with Gasteiger partial charge in [-0.2, -0.15) is 0 Å². The molecule has 7 heteroatoms. The van der Waals surface area contributed by atoms with E-state index in [0.717, 1.165) is 36.1 Å². The molecule has 1 aromatic rings. The van der Waals surface area contributed by atoms with Crippen molar-refractivity contribution in [2.75, 3.05) is 5.32 Å². The first-order valence-electron chi connectivity index (χ1n) is 9.57. The van der Waals surface area contributed by atoms with Crippen molar-refractivity contribution in [1.82, 2.24) is 0 Å². The normalized spacial score (nSPS) is 30.9. The van der Waals surface area contributed by atoms with Gasteiger partial charge in [-0.15, -0.1) is 11.3 Å². The van der Waals surface area contributed by atoms with E-state index in [2.05, 4.69) is 12.2 Å². The van der Waals surface area contributed by atoms with E-state index in [-0.39, 0.29) is 17.7 Å². The molecule has 0 saturated heterocycles. The Balaban J connectivity index is 1.62. The predicted octanol–water partition coefficient (Wildman–Crippen LogP) is 2.82. The number of allylic oxidation sites excluding steroid dienone is 2. The summed E-state index contributed by atoms with van der Waals surface area (Å²) in [5.41, 5.74) is 7.01. The highest BCUT2D eigenvalue weighted by molar-refractivity contribution is 7.17. The van der Waals surface area contributed by atoms with Gasteiger partial charge < -0.3 is 16.2 Å². The molecule has 0 unspecified atom stereocenters. The highest BCUT2D eigenvalue weighted by Crippen LogP contribution is 2.49. The minimum absolute atomic E-state index is 0.0489. The number of thiophene rings is 1. The third kappa shape index (κ3) is 2.98. The van der Waals surface area contributed by atoms with Crippen molar-refractivity contribution in [3.63, 3.8) is 0 Å². The number of carbonyl (C=O) groups is 3.